The quantitative estimate of drug-likeness (QED) is 0.505. The Hall–Kier alpha value is -1.76. The summed E-state index contributed by atoms with van der Waals surface area (Å²) < 4.78 is 21.9. The SMILES string of the molecule is CS(=O)(=O)CCCNc1ccc(C(N)=O)cc1N. The number of carbonyl (C=O) groups excluding carboxylic acids is 1. The zero-order chi connectivity index (χ0) is 13.8. The standard InChI is InChI=1S/C11H17N3O3S/c1-18(16,17)6-2-5-14-10-4-3-8(11(13)15)7-9(10)12/h3-4,7,14H,2,5-6,12H2,1H3,(H2,13,15). The molecule has 1 aromatic carbocycles. The maximum atomic E-state index is 10.9. The van der Waals surface area contributed by atoms with Crippen LogP contribution in [0.25, 0.3) is 0 Å². The van der Waals surface area contributed by atoms with Crippen molar-refractivity contribution in [1.29, 1.82) is 0 Å². The lowest BCUT2D eigenvalue weighted by molar-refractivity contribution is 0.100. The maximum Gasteiger partial charge on any atom is 0.248 e. The smallest absolute Gasteiger partial charge is 0.248 e. The lowest BCUT2D eigenvalue weighted by atomic mass is 10.1. The van der Waals surface area contributed by atoms with Crippen LogP contribution in [0.15, 0.2) is 18.2 Å². The number of sulfone groups is 1. The number of anilines is 2. The molecule has 0 spiro atoms. The highest BCUT2D eigenvalue weighted by Crippen LogP contribution is 2.19. The molecule has 5 N–H and O–H groups in total. The van der Waals surface area contributed by atoms with Crippen molar-refractivity contribution in [2.24, 2.45) is 5.73 Å². The van der Waals surface area contributed by atoms with Crippen molar-refractivity contribution < 1.29 is 13.2 Å². The summed E-state index contributed by atoms with van der Waals surface area (Å²) in [5, 5.41) is 3.01. The van der Waals surface area contributed by atoms with Crippen molar-refractivity contribution in [3.8, 4) is 0 Å². The molecule has 0 radical (unpaired) electrons. The summed E-state index contributed by atoms with van der Waals surface area (Å²) in [6.45, 7) is 0.493. The van der Waals surface area contributed by atoms with Gasteiger partial charge in [-0.25, -0.2) is 8.42 Å². The molecule has 6 nitrogen and oxygen atoms in total. The molecule has 1 aromatic rings. The first-order valence-electron chi connectivity index (χ1n) is 5.40. The van der Waals surface area contributed by atoms with Gasteiger partial charge in [-0.3, -0.25) is 4.79 Å². The normalized spacial score (nSPS) is 11.2. The minimum absolute atomic E-state index is 0.124. The number of nitrogen functional groups attached to an aromatic ring is 1. The fourth-order valence-corrected chi connectivity index (χ4v) is 2.10. The van der Waals surface area contributed by atoms with E-state index in [1.54, 1.807) is 12.1 Å². The molecule has 0 aromatic heterocycles. The second-order valence-corrected chi connectivity index (χ2v) is 6.34. The van der Waals surface area contributed by atoms with Gasteiger partial charge in [0, 0.05) is 18.4 Å². The van der Waals surface area contributed by atoms with Crippen molar-refractivity contribution in [3.05, 3.63) is 23.8 Å². The van der Waals surface area contributed by atoms with Crippen LogP contribution in [0, 0.1) is 0 Å². The molecule has 0 bridgehead atoms. The van der Waals surface area contributed by atoms with Crippen molar-refractivity contribution in [3.63, 3.8) is 0 Å². The van der Waals surface area contributed by atoms with Crippen molar-refractivity contribution in [2.45, 2.75) is 6.42 Å². The van der Waals surface area contributed by atoms with E-state index in [2.05, 4.69) is 5.32 Å². The van der Waals surface area contributed by atoms with E-state index in [4.69, 9.17) is 11.5 Å². The first-order valence-corrected chi connectivity index (χ1v) is 7.46. The number of amides is 1. The lowest BCUT2D eigenvalue weighted by Gasteiger charge is -2.09. The van der Waals surface area contributed by atoms with Crippen LogP contribution >= 0.6 is 0 Å². The average Bonchev–Trinajstić information content (AvgIpc) is 2.24. The molecule has 100 valence electrons. The van der Waals surface area contributed by atoms with E-state index < -0.39 is 15.7 Å². The Balaban J connectivity index is 2.56. The third-order valence-corrected chi connectivity index (χ3v) is 3.37. The van der Waals surface area contributed by atoms with Crippen molar-refractivity contribution >= 4 is 27.1 Å². The molecule has 0 heterocycles. The summed E-state index contributed by atoms with van der Waals surface area (Å²) >= 11 is 0. The molecule has 0 saturated carbocycles. The van der Waals surface area contributed by atoms with Gasteiger partial charge in [0.15, 0.2) is 0 Å². The molecule has 0 fully saturated rings. The number of benzene rings is 1. The van der Waals surface area contributed by atoms with Gasteiger partial charge in [0.25, 0.3) is 0 Å². The third kappa shape index (κ3) is 4.62. The van der Waals surface area contributed by atoms with Gasteiger partial charge in [-0.2, -0.15) is 0 Å². The van der Waals surface area contributed by atoms with Crippen LogP contribution < -0.4 is 16.8 Å². The fraction of sp³-hybridized carbons (Fsp3) is 0.364. The van der Waals surface area contributed by atoms with Crippen LogP contribution in [0.1, 0.15) is 16.8 Å². The molecule has 0 aliphatic heterocycles. The number of rotatable bonds is 6. The summed E-state index contributed by atoms with van der Waals surface area (Å²) in [5.74, 6) is -0.412. The first kappa shape index (κ1) is 14.3. The second-order valence-electron chi connectivity index (χ2n) is 4.08. The van der Waals surface area contributed by atoms with Crippen LogP contribution in [0.2, 0.25) is 0 Å². The average molecular weight is 271 g/mol. The minimum Gasteiger partial charge on any atom is -0.397 e. The van der Waals surface area contributed by atoms with E-state index in [0.29, 0.717) is 29.9 Å². The number of hydrogen-bond donors (Lipinski definition) is 3. The Bertz CT molecular complexity index is 540. The van der Waals surface area contributed by atoms with Gasteiger partial charge in [0.2, 0.25) is 5.91 Å². The highest BCUT2D eigenvalue weighted by molar-refractivity contribution is 7.90. The molecule has 1 amide bonds. The first-order chi connectivity index (χ1) is 8.29. The predicted molar refractivity (Wildman–Crippen MR) is 72.2 cm³/mol. The molecule has 0 atom stereocenters. The molecule has 0 aliphatic rings. The molecule has 0 aliphatic carbocycles. The van der Waals surface area contributed by atoms with E-state index in [1.807, 2.05) is 0 Å². The van der Waals surface area contributed by atoms with Crippen LogP contribution in [0.3, 0.4) is 0 Å². The Kier molecular flexibility index (Phi) is 4.55. The zero-order valence-electron chi connectivity index (χ0n) is 10.1. The van der Waals surface area contributed by atoms with Crippen molar-refractivity contribution in [2.75, 3.05) is 29.6 Å². The van der Waals surface area contributed by atoms with E-state index in [-0.39, 0.29) is 5.75 Å². The lowest BCUT2D eigenvalue weighted by Crippen LogP contribution is -2.13. The van der Waals surface area contributed by atoms with Crippen LogP contribution in [-0.2, 0) is 9.84 Å². The van der Waals surface area contributed by atoms with E-state index >= 15 is 0 Å². The van der Waals surface area contributed by atoms with Gasteiger partial charge in [-0.05, 0) is 24.6 Å². The number of primary amides is 1. The summed E-state index contributed by atoms with van der Waals surface area (Å²) in [4.78, 5) is 10.9. The Morgan fingerprint density at radius 3 is 2.56 bits per heavy atom. The molecule has 1 rings (SSSR count). The minimum atomic E-state index is -2.94. The topological polar surface area (TPSA) is 115 Å². The fourth-order valence-electron chi connectivity index (χ4n) is 1.43. The van der Waals surface area contributed by atoms with Gasteiger partial charge in [-0.1, -0.05) is 0 Å². The van der Waals surface area contributed by atoms with Gasteiger partial charge in [0.1, 0.15) is 9.84 Å². The van der Waals surface area contributed by atoms with Crippen molar-refractivity contribution in [1.82, 2.24) is 0 Å². The van der Waals surface area contributed by atoms with Gasteiger partial charge in [0.05, 0.1) is 17.1 Å². The number of carbonyl (C=O) groups is 1. The summed E-state index contributed by atoms with van der Waals surface area (Å²) in [6.07, 6.45) is 1.69. The number of hydrogen-bond acceptors (Lipinski definition) is 5. The Morgan fingerprint density at radius 2 is 2.06 bits per heavy atom. The Morgan fingerprint density at radius 1 is 1.39 bits per heavy atom. The van der Waals surface area contributed by atoms with Crippen LogP contribution in [0.4, 0.5) is 11.4 Å². The van der Waals surface area contributed by atoms with Gasteiger partial charge in [-0.15, -0.1) is 0 Å². The molecule has 0 unspecified atom stereocenters. The molecule has 0 saturated heterocycles. The van der Waals surface area contributed by atoms with E-state index in [1.165, 1.54) is 12.3 Å². The van der Waals surface area contributed by atoms with Crippen LogP contribution in [-0.4, -0.2) is 32.9 Å². The van der Waals surface area contributed by atoms with E-state index in [0.717, 1.165) is 0 Å². The monoisotopic (exact) mass is 271 g/mol. The highest BCUT2D eigenvalue weighted by atomic mass is 32.2. The summed E-state index contributed by atoms with van der Waals surface area (Å²) in [7, 11) is -2.94. The van der Waals surface area contributed by atoms with Crippen LogP contribution in [0.5, 0.6) is 0 Å². The Labute approximate surface area is 106 Å². The second kappa shape index (κ2) is 5.72. The third-order valence-electron chi connectivity index (χ3n) is 2.34. The summed E-state index contributed by atoms with van der Waals surface area (Å²) in [6, 6.07) is 4.70. The number of nitrogens with two attached hydrogens (primary N) is 2. The molecular weight excluding hydrogens is 254 g/mol. The van der Waals surface area contributed by atoms with Gasteiger partial charge >= 0.3 is 0 Å². The summed E-state index contributed by atoms with van der Waals surface area (Å²) in [5.41, 5.74) is 12.3. The molecular formula is C11H17N3O3S. The molecule has 18 heavy (non-hydrogen) atoms. The largest absolute Gasteiger partial charge is 0.397 e. The zero-order valence-corrected chi connectivity index (χ0v) is 11.0. The highest BCUT2D eigenvalue weighted by Gasteiger charge is 2.05. The molecule has 7 heteroatoms. The van der Waals surface area contributed by atoms with E-state index in [9.17, 15) is 13.2 Å². The number of nitrogens with one attached hydrogen (secondary N) is 1. The van der Waals surface area contributed by atoms with Gasteiger partial charge < -0.3 is 16.8 Å². The maximum absolute atomic E-state index is 10.9. The predicted octanol–water partition coefficient (Wildman–Crippen LogP) is 0.214.